The van der Waals surface area contributed by atoms with Gasteiger partial charge in [0.05, 0.1) is 22.2 Å². The summed E-state index contributed by atoms with van der Waals surface area (Å²) >= 11 is 11.7. The third-order valence-electron chi connectivity index (χ3n) is 2.42. The van der Waals surface area contributed by atoms with Gasteiger partial charge in [0.15, 0.2) is 0 Å². The summed E-state index contributed by atoms with van der Waals surface area (Å²) in [6.07, 6.45) is 1.29. The van der Waals surface area contributed by atoms with Crippen LogP contribution in [0.1, 0.15) is 6.42 Å². The van der Waals surface area contributed by atoms with Crippen LogP contribution in [-0.4, -0.2) is 29.6 Å². The second kappa shape index (κ2) is 7.89. The predicted octanol–water partition coefficient (Wildman–Crippen LogP) is 2.55. The molecule has 0 saturated carbocycles. The van der Waals surface area contributed by atoms with Crippen molar-refractivity contribution in [2.24, 2.45) is 0 Å². The minimum absolute atomic E-state index is 0.216. The molecule has 0 saturated heterocycles. The van der Waals surface area contributed by atoms with Crippen molar-refractivity contribution in [3.05, 3.63) is 40.9 Å². The van der Waals surface area contributed by atoms with E-state index >= 15 is 0 Å². The summed E-state index contributed by atoms with van der Waals surface area (Å²) in [4.78, 5) is 22.8. The van der Waals surface area contributed by atoms with Crippen LogP contribution in [-0.2, 0) is 9.59 Å². The van der Waals surface area contributed by atoms with Crippen molar-refractivity contribution in [2.75, 3.05) is 11.9 Å². The number of carbonyl (C=O) groups is 2. The third-order valence-corrected chi connectivity index (χ3v) is 3.24. The quantitative estimate of drug-likeness (QED) is 0.675. The summed E-state index contributed by atoms with van der Waals surface area (Å²) in [6.45, 7) is 3.77. The number of nitrogens with one attached hydrogen (secondary N) is 2. The van der Waals surface area contributed by atoms with Gasteiger partial charge in [-0.1, -0.05) is 35.3 Å². The van der Waals surface area contributed by atoms with Crippen molar-refractivity contribution in [1.82, 2.24) is 5.32 Å². The molecule has 1 atom stereocenters. The first-order valence-electron chi connectivity index (χ1n) is 5.76. The molecule has 0 heterocycles. The van der Waals surface area contributed by atoms with Crippen LogP contribution in [0.4, 0.5) is 5.69 Å². The predicted molar refractivity (Wildman–Crippen MR) is 79.3 cm³/mol. The molecule has 3 N–H and O–H groups in total. The minimum atomic E-state index is -1.11. The van der Waals surface area contributed by atoms with Crippen LogP contribution >= 0.6 is 23.2 Å². The number of amides is 1. The lowest BCUT2D eigenvalue weighted by Gasteiger charge is -2.13. The second-order valence-electron chi connectivity index (χ2n) is 3.94. The highest BCUT2D eigenvalue weighted by atomic mass is 35.5. The standard InChI is InChI=1S/C13H14Cl2N2O3/c1-2-6-16-10(13(19)20)7-11(18)17-9-5-3-4-8(14)12(9)15/h2-5,10,16H,1,6-7H2,(H,17,18)(H,19,20)/t10-/m0/s1. The van der Waals surface area contributed by atoms with E-state index in [1.807, 2.05) is 0 Å². The highest BCUT2D eigenvalue weighted by Gasteiger charge is 2.20. The largest absolute Gasteiger partial charge is 0.480 e. The van der Waals surface area contributed by atoms with Gasteiger partial charge in [-0.25, -0.2) is 0 Å². The maximum atomic E-state index is 11.8. The maximum absolute atomic E-state index is 11.8. The summed E-state index contributed by atoms with van der Waals surface area (Å²) < 4.78 is 0. The van der Waals surface area contributed by atoms with E-state index in [-0.39, 0.29) is 11.4 Å². The summed E-state index contributed by atoms with van der Waals surface area (Å²) in [5.41, 5.74) is 0.344. The molecule has 0 aliphatic carbocycles. The fourth-order valence-corrected chi connectivity index (χ4v) is 1.81. The Balaban J connectivity index is 2.68. The highest BCUT2D eigenvalue weighted by Crippen LogP contribution is 2.29. The molecule has 0 fully saturated rings. The molecule has 108 valence electrons. The average Bonchev–Trinajstić information content (AvgIpc) is 2.39. The van der Waals surface area contributed by atoms with Gasteiger partial charge in [0.2, 0.25) is 5.91 Å². The van der Waals surface area contributed by atoms with E-state index in [4.69, 9.17) is 28.3 Å². The number of anilines is 1. The van der Waals surface area contributed by atoms with Crippen molar-refractivity contribution < 1.29 is 14.7 Å². The molecule has 0 bridgehead atoms. The molecule has 0 unspecified atom stereocenters. The van der Waals surface area contributed by atoms with E-state index < -0.39 is 17.9 Å². The van der Waals surface area contributed by atoms with E-state index in [0.29, 0.717) is 17.3 Å². The molecule has 1 amide bonds. The van der Waals surface area contributed by atoms with Gasteiger partial charge >= 0.3 is 5.97 Å². The van der Waals surface area contributed by atoms with Crippen LogP contribution in [0.3, 0.4) is 0 Å². The lowest BCUT2D eigenvalue weighted by atomic mass is 10.2. The minimum Gasteiger partial charge on any atom is -0.480 e. The van der Waals surface area contributed by atoms with Crippen molar-refractivity contribution in [3.63, 3.8) is 0 Å². The summed E-state index contributed by atoms with van der Waals surface area (Å²) in [7, 11) is 0. The number of rotatable bonds is 7. The maximum Gasteiger partial charge on any atom is 0.321 e. The van der Waals surface area contributed by atoms with Crippen LogP contribution < -0.4 is 10.6 Å². The number of carboxylic acid groups (broad SMARTS) is 1. The van der Waals surface area contributed by atoms with Gasteiger partial charge in [-0.15, -0.1) is 6.58 Å². The van der Waals surface area contributed by atoms with E-state index in [0.717, 1.165) is 0 Å². The topological polar surface area (TPSA) is 78.4 Å². The van der Waals surface area contributed by atoms with Gasteiger partial charge in [-0.2, -0.15) is 0 Å². The fourth-order valence-electron chi connectivity index (χ4n) is 1.46. The van der Waals surface area contributed by atoms with Gasteiger partial charge < -0.3 is 15.7 Å². The first kappa shape index (κ1) is 16.5. The number of carbonyl (C=O) groups excluding carboxylic acids is 1. The summed E-state index contributed by atoms with van der Waals surface area (Å²) in [6, 6.07) is 3.81. The number of hydrogen-bond acceptors (Lipinski definition) is 3. The van der Waals surface area contributed by atoms with E-state index in [2.05, 4.69) is 17.2 Å². The Morgan fingerprint density at radius 3 is 2.70 bits per heavy atom. The number of aliphatic carboxylic acids is 1. The van der Waals surface area contributed by atoms with E-state index in [1.165, 1.54) is 6.08 Å². The Kier molecular flexibility index (Phi) is 6.51. The van der Waals surface area contributed by atoms with Crippen LogP contribution in [0.5, 0.6) is 0 Å². The molecule has 1 aromatic rings. The molecule has 0 aromatic heterocycles. The number of hydrogen-bond donors (Lipinski definition) is 3. The molecule has 7 heteroatoms. The Morgan fingerprint density at radius 2 is 2.10 bits per heavy atom. The molecule has 1 aromatic carbocycles. The first-order valence-corrected chi connectivity index (χ1v) is 6.52. The lowest BCUT2D eigenvalue weighted by molar-refractivity contribution is -0.140. The first-order chi connectivity index (χ1) is 9.45. The molecule has 5 nitrogen and oxygen atoms in total. The Morgan fingerprint density at radius 1 is 1.40 bits per heavy atom. The normalized spacial score (nSPS) is 11.7. The monoisotopic (exact) mass is 316 g/mol. The number of carboxylic acids is 1. The molecule has 0 aliphatic heterocycles. The molecule has 1 rings (SSSR count). The van der Waals surface area contributed by atoms with Crippen LogP contribution in [0.2, 0.25) is 10.0 Å². The van der Waals surface area contributed by atoms with Crippen LogP contribution in [0, 0.1) is 0 Å². The number of benzene rings is 1. The van der Waals surface area contributed by atoms with Crippen LogP contribution in [0.15, 0.2) is 30.9 Å². The lowest BCUT2D eigenvalue weighted by Crippen LogP contribution is -2.39. The van der Waals surface area contributed by atoms with Crippen LogP contribution in [0.25, 0.3) is 0 Å². The average molecular weight is 317 g/mol. The van der Waals surface area contributed by atoms with E-state index in [1.54, 1.807) is 18.2 Å². The van der Waals surface area contributed by atoms with Gasteiger partial charge in [-0.3, -0.25) is 9.59 Å². The van der Waals surface area contributed by atoms with E-state index in [9.17, 15) is 9.59 Å². The van der Waals surface area contributed by atoms with Crippen molar-refractivity contribution >= 4 is 40.8 Å². The molecule has 20 heavy (non-hydrogen) atoms. The summed E-state index contributed by atoms with van der Waals surface area (Å²) in [5.74, 6) is -1.59. The molecular weight excluding hydrogens is 303 g/mol. The Bertz CT molecular complexity index is 520. The highest BCUT2D eigenvalue weighted by molar-refractivity contribution is 6.43. The Labute approximate surface area is 126 Å². The number of halogens is 2. The van der Waals surface area contributed by atoms with Gasteiger partial charge in [0.1, 0.15) is 6.04 Å². The fraction of sp³-hybridized carbons (Fsp3) is 0.231. The molecule has 0 radical (unpaired) electrons. The van der Waals surface area contributed by atoms with Gasteiger partial charge in [0, 0.05) is 6.54 Å². The second-order valence-corrected chi connectivity index (χ2v) is 4.73. The zero-order valence-electron chi connectivity index (χ0n) is 10.5. The van der Waals surface area contributed by atoms with Gasteiger partial charge in [-0.05, 0) is 12.1 Å². The summed E-state index contributed by atoms with van der Waals surface area (Å²) in [5, 5.41) is 14.7. The van der Waals surface area contributed by atoms with Crippen molar-refractivity contribution in [1.29, 1.82) is 0 Å². The van der Waals surface area contributed by atoms with Crippen molar-refractivity contribution in [3.8, 4) is 0 Å². The van der Waals surface area contributed by atoms with Gasteiger partial charge in [0.25, 0.3) is 0 Å². The smallest absolute Gasteiger partial charge is 0.321 e. The molecule has 0 spiro atoms. The third kappa shape index (κ3) is 4.85. The molecule has 0 aliphatic rings. The Hall–Kier alpha value is -1.56. The molecular formula is C13H14Cl2N2O3. The van der Waals surface area contributed by atoms with Crippen molar-refractivity contribution in [2.45, 2.75) is 12.5 Å². The SMILES string of the molecule is C=CCN[C@@H](CC(=O)Nc1cccc(Cl)c1Cl)C(=O)O. The zero-order valence-corrected chi connectivity index (χ0v) is 12.0. The zero-order chi connectivity index (χ0) is 15.1.